The first-order valence-electron chi connectivity index (χ1n) is 6.54. The molecule has 4 nitrogen and oxygen atoms in total. The Balaban J connectivity index is 2.30. The van der Waals surface area contributed by atoms with Crippen LogP contribution in [0.3, 0.4) is 0 Å². The lowest BCUT2D eigenvalue weighted by Crippen LogP contribution is -2.46. The first-order valence-corrected chi connectivity index (χ1v) is 9.24. The van der Waals surface area contributed by atoms with Crippen molar-refractivity contribution in [2.75, 3.05) is 18.6 Å². The summed E-state index contributed by atoms with van der Waals surface area (Å²) in [5.41, 5.74) is 0.847. The summed E-state index contributed by atoms with van der Waals surface area (Å²) in [5, 5.41) is 6.44. The summed E-state index contributed by atoms with van der Waals surface area (Å²) < 4.78 is 23.2. The lowest BCUT2D eigenvalue weighted by Gasteiger charge is -2.35. The molecule has 1 aliphatic heterocycles. The first-order chi connectivity index (χ1) is 8.69. The number of aromatic nitrogens is 1. The highest BCUT2D eigenvalue weighted by atomic mass is 32.2. The number of rotatable bonds is 2. The van der Waals surface area contributed by atoms with Crippen LogP contribution in [0.1, 0.15) is 44.3 Å². The van der Waals surface area contributed by atoms with Crippen LogP contribution in [0.15, 0.2) is 5.38 Å². The minimum Gasteiger partial charge on any atom is -0.308 e. The van der Waals surface area contributed by atoms with Gasteiger partial charge in [-0.25, -0.2) is 13.4 Å². The Bertz CT molecular complexity index is 541. The van der Waals surface area contributed by atoms with Crippen molar-refractivity contribution >= 4 is 21.2 Å². The third-order valence-corrected chi connectivity index (χ3v) is 6.54. The summed E-state index contributed by atoms with van der Waals surface area (Å²) in [6.07, 6.45) is 1.23. The van der Waals surface area contributed by atoms with Crippen LogP contribution in [0.4, 0.5) is 0 Å². The molecule has 6 heteroatoms. The van der Waals surface area contributed by atoms with Crippen molar-refractivity contribution in [1.29, 1.82) is 0 Å². The fourth-order valence-corrected chi connectivity index (χ4v) is 5.13. The molecule has 0 unspecified atom stereocenters. The van der Waals surface area contributed by atoms with E-state index in [0.717, 1.165) is 10.7 Å². The van der Waals surface area contributed by atoms with Gasteiger partial charge < -0.3 is 5.32 Å². The van der Waals surface area contributed by atoms with Gasteiger partial charge in [0.2, 0.25) is 0 Å². The molecule has 19 heavy (non-hydrogen) atoms. The Morgan fingerprint density at radius 3 is 2.32 bits per heavy atom. The van der Waals surface area contributed by atoms with Gasteiger partial charge in [-0.3, -0.25) is 0 Å². The second-order valence-electron chi connectivity index (χ2n) is 6.27. The van der Waals surface area contributed by atoms with Crippen LogP contribution < -0.4 is 5.32 Å². The molecule has 1 saturated heterocycles. The highest BCUT2D eigenvalue weighted by Crippen LogP contribution is 2.37. The zero-order chi connectivity index (χ0) is 14.3. The van der Waals surface area contributed by atoms with Gasteiger partial charge in [-0.1, -0.05) is 20.8 Å². The van der Waals surface area contributed by atoms with E-state index in [4.69, 9.17) is 4.98 Å². The zero-order valence-corrected chi connectivity index (χ0v) is 13.6. The Labute approximate surface area is 119 Å². The molecule has 108 valence electrons. The smallest absolute Gasteiger partial charge is 0.150 e. The molecular weight excluding hydrogens is 280 g/mol. The SMILES string of the molecule is CNC1(c2nc(C(C)(C)C)cs2)CCS(=O)(=O)CC1. The van der Waals surface area contributed by atoms with E-state index in [1.807, 2.05) is 7.05 Å². The first kappa shape index (κ1) is 14.9. The molecule has 0 aromatic carbocycles. The minimum absolute atomic E-state index is 0.0322. The minimum atomic E-state index is -2.86. The van der Waals surface area contributed by atoms with E-state index in [0.29, 0.717) is 12.8 Å². The summed E-state index contributed by atoms with van der Waals surface area (Å²) in [6.45, 7) is 6.43. The Morgan fingerprint density at radius 1 is 1.32 bits per heavy atom. The van der Waals surface area contributed by atoms with E-state index in [9.17, 15) is 8.42 Å². The average Bonchev–Trinajstić information content (AvgIpc) is 2.79. The number of nitrogens with zero attached hydrogens (tertiary/aromatic N) is 1. The molecule has 2 heterocycles. The summed E-state index contributed by atoms with van der Waals surface area (Å²) in [7, 11) is -0.958. The van der Waals surface area contributed by atoms with Gasteiger partial charge in [0.05, 0.1) is 22.7 Å². The Hall–Kier alpha value is -0.460. The largest absolute Gasteiger partial charge is 0.308 e. The van der Waals surface area contributed by atoms with Crippen LogP contribution in [0.5, 0.6) is 0 Å². The van der Waals surface area contributed by atoms with Crippen LogP contribution in [0.25, 0.3) is 0 Å². The van der Waals surface area contributed by atoms with Crippen LogP contribution in [-0.4, -0.2) is 32.0 Å². The van der Waals surface area contributed by atoms with E-state index in [2.05, 4.69) is 31.5 Å². The normalized spacial score (nSPS) is 22.3. The van der Waals surface area contributed by atoms with E-state index in [-0.39, 0.29) is 22.5 Å². The third kappa shape index (κ3) is 3.01. The van der Waals surface area contributed by atoms with Crippen molar-refractivity contribution in [3.05, 3.63) is 16.1 Å². The van der Waals surface area contributed by atoms with Gasteiger partial charge in [-0.05, 0) is 19.9 Å². The topological polar surface area (TPSA) is 59.1 Å². The molecule has 1 fully saturated rings. The monoisotopic (exact) mass is 302 g/mol. The van der Waals surface area contributed by atoms with Crippen LogP contribution in [0.2, 0.25) is 0 Å². The molecular formula is C13H22N2O2S2. The Morgan fingerprint density at radius 2 is 1.89 bits per heavy atom. The maximum Gasteiger partial charge on any atom is 0.150 e. The molecule has 0 bridgehead atoms. The quantitative estimate of drug-likeness (QED) is 0.908. The second-order valence-corrected chi connectivity index (χ2v) is 9.43. The van der Waals surface area contributed by atoms with Crippen LogP contribution >= 0.6 is 11.3 Å². The zero-order valence-electron chi connectivity index (χ0n) is 12.0. The van der Waals surface area contributed by atoms with Crippen molar-refractivity contribution in [1.82, 2.24) is 10.3 Å². The summed E-state index contributed by atoms with van der Waals surface area (Å²) in [6, 6.07) is 0. The number of thiazole rings is 1. The summed E-state index contributed by atoms with van der Waals surface area (Å²) >= 11 is 1.64. The third-order valence-electron chi connectivity index (χ3n) is 3.84. The molecule has 1 aliphatic rings. The molecule has 0 aliphatic carbocycles. The predicted molar refractivity (Wildman–Crippen MR) is 79.4 cm³/mol. The fraction of sp³-hybridized carbons (Fsp3) is 0.769. The van der Waals surface area contributed by atoms with Crippen LogP contribution in [-0.2, 0) is 20.8 Å². The fourth-order valence-electron chi connectivity index (χ4n) is 2.30. The van der Waals surface area contributed by atoms with E-state index < -0.39 is 9.84 Å². The summed E-state index contributed by atoms with van der Waals surface area (Å²) in [4.78, 5) is 4.76. The van der Waals surface area contributed by atoms with Crippen molar-refractivity contribution in [3.8, 4) is 0 Å². The van der Waals surface area contributed by atoms with Crippen molar-refractivity contribution < 1.29 is 8.42 Å². The van der Waals surface area contributed by atoms with Gasteiger partial charge in [0.25, 0.3) is 0 Å². The van der Waals surface area contributed by atoms with Gasteiger partial charge in [-0.2, -0.15) is 0 Å². The Kier molecular flexibility index (Phi) is 3.79. The van der Waals surface area contributed by atoms with Gasteiger partial charge in [0.15, 0.2) is 0 Å². The molecule has 1 aromatic heterocycles. The number of hydrogen-bond acceptors (Lipinski definition) is 5. The number of sulfone groups is 1. The van der Waals surface area contributed by atoms with E-state index in [1.54, 1.807) is 11.3 Å². The maximum absolute atomic E-state index is 11.6. The molecule has 0 spiro atoms. The number of nitrogens with one attached hydrogen (secondary N) is 1. The van der Waals surface area contributed by atoms with Gasteiger partial charge in [0, 0.05) is 10.8 Å². The lowest BCUT2D eigenvalue weighted by atomic mass is 9.91. The molecule has 1 N–H and O–H groups in total. The maximum atomic E-state index is 11.6. The van der Waals surface area contributed by atoms with Crippen molar-refractivity contribution in [2.24, 2.45) is 0 Å². The predicted octanol–water partition coefficient (Wildman–Crippen LogP) is 2.06. The molecule has 0 radical (unpaired) electrons. The summed E-state index contributed by atoms with van der Waals surface area (Å²) in [5.74, 6) is 0.497. The van der Waals surface area contributed by atoms with Crippen LogP contribution in [0, 0.1) is 0 Å². The lowest BCUT2D eigenvalue weighted by molar-refractivity contribution is 0.322. The molecule has 0 atom stereocenters. The van der Waals surface area contributed by atoms with Gasteiger partial charge >= 0.3 is 0 Å². The molecule has 2 rings (SSSR count). The molecule has 1 aromatic rings. The van der Waals surface area contributed by atoms with E-state index in [1.165, 1.54) is 0 Å². The van der Waals surface area contributed by atoms with Crippen molar-refractivity contribution in [3.63, 3.8) is 0 Å². The highest BCUT2D eigenvalue weighted by Gasteiger charge is 2.40. The van der Waals surface area contributed by atoms with Gasteiger partial charge in [-0.15, -0.1) is 11.3 Å². The standard InChI is InChI=1S/C13H22N2O2S2/c1-12(2,3)10-9-18-11(15-10)13(14-4)5-7-19(16,17)8-6-13/h9,14H,5-8H2,1-4H3. The highest BCUT2D eigenvalue weighted by molar-refractivity contribution is 7.91. The average molecular weight is 302 g/mol. The van der Waals surface area contributed by atoms with Gasteiger partial charge in [0.1, 0.15) is 14.8 Å². The molecule has 0 saturated carbocycles. The second kappa shape index (κ2) is 4.82. The number of hydrogen-bond donors (Lipinski definition) is 1. The van der Waals surface area contributed by atoms with Crippen molar-refractivity contribution in [2.45, 2.75) is 44.6 Å². The van der Waals surface area contributed by atoms with E-state index >= 15 is 0 Å². The molecule has 0 amide bonds.